The highest BCUT2D eigenvalue weighted by molar-refractivity contribution is 5.93. The van der Waals surface area contributed by atoms with Gasteiger partial charge in [-0.3, -0.25) is 4.79 Å². The topological polar surface area (TPSA) is 96.2 Å². The average Bonchev–Trinajstić information content (AvgIpc) is 2.37. The summed E-state index contributed by atoms with van der Waals surface area (Å²) >= 11 is 0. The van der Waals surface area contributed by atoms with E-state index in [1.54, 1.807) is 25.1 Å². The Kier molecular flexibility index (Phi) is 5.13. The van der Waals surface area contributed by atoms with Gasteiger partial charge in [-0.1, -0.05) is 12.1 Å². The zero-order valence-corrected chi connectivity index (χ0v) is 10.5. The zero-order valence-electron chi connectivity index (χ0n) is 10.5. The highest BCUT2D eigenvalue weighted by atomic mass is 16.2. The van der Waals surface area contributed by atoms with Gasteiger partial charge in [-0.2, -0.15) is 0 Å². The first kappa shape index (κ1) is 14.0. The van der Waals surface area contributed by atoms with Gasteiger partial charge in [0.05, 0.1) is 0 Å². The second kappa shape index (κ2) is 6.61. The Bertz CT molecular complexity index is 434. The molecule has 0 aliphatic carbocycles. The number of rotatable bonds is 4. The first-order valence-electron chi connectivity index (χ1n) is 5.65. The lowest BCUT2D eigenvalue weighted by molar-refractivity contribution is -0.122. The van der Waals surface area contributed by atoms with Gasteiger partial charge in [0, 0.05) is 19.3 Å². The van der Waals surface area contributed by atoms with E-state index in [9.17, 15) is 9.59 Å². The molecule has 0 spiro atoms. The molecule has 1 unspecified atom stereocenters. The molecule has 0 saturated carbocycles. The van der Waals surface area contributed by atoms with Crippen LogP contribution in [0.4, 0.5) is 10.5 Å². The van der Waals surface area contributed by atoms with Crippen molar-refractivity contribution in [3.8, 4) is 0 Å². The van der Waals surface area contributed by atoms with Gasteiger partial charge in [-0.05, 0) is 24.6 Å². The van der Waals surface area contributed by atoms with Crippen LogP contribution in [-0.4, -0.2) is 25.0 Å². The third-order valence-electron chi connectivity index (χ3n) is 2.41. The van der Waals surface area contributed by atoms with Crippen LogP contribution in [0, 0.1) is 0 Å². The molecule has 0 aliphatic rings. The number of likely N-dealkylation sites (N-methyl/N-ethyl adjacent to an activating group) is 1. The highest BCUT2D eigenvalue weighted by Gasteiger charge is 2.13. The van der Waals surface area contributed by atoms with Crippen LogP contribution in [0.5, 0.6) is 0 Å². The van der Waals surface area contributed by atoms with Crippen LogP contribution >= 0.6 is 0 Å². The molecule has 5 N–H and O–H groups in total. The number of hydrogen-bond acceptors (Lipinski definition) is 3. The molecule has 0 fully saturated rings. The Labute approximate surface area is 106 Å². The summed E-state index contributed by atoms with van der Waals surface area (Å²) in [5.74, 6) is -0.249. The van der Waals surface area contributed by atoms with Gasteiger partial charge in [-0.25, -0.2) is 4.79 Å². The minimum atomic E-state index is -0.590. The fourth-order valence-corrected chi connectivity index (χ4v) is 1.42. The van der Waals surface area contributed by atoms with Crippen LogP contribution < -0.4 is 21.7 Å². The third kappa shape index (κ3) is 4.06. The maximum Gasteiger partial charge on any atom is 0.319 e. The van der Waals surface area contributed by atoms with Crippen molar-refractivity contribution >= 4 is 17.6 Å². The van der Waals surface area contributed by atoms with E-state index in [2.05, 4.69) is 16.0 Å². The Morgan fingerprint density at radius 1 is 1.39 bits per heavy atom. The lowest BCUT2D eigenvalue weighted by atomic mass is 10.2. The van der Waals surface area contributed by atoms with Crippen molar-refractivity contribution in [3.05, 3.63) is 29.8 Å². The van der Waals surface area contributed by atoms with E-state index in [0.29, 0.717) is 12.2 Å². The van der Waals surface area contributed by atoms with Crippen LogP contribution in [0.25, 0.3) is 0 Å². The maximum absolute atomic E-state index is 11.6. The highest BCUT2D eigenvalue weighted by Crippen LogP contribution is 2.09. The number of hydrogen-bond donors (Lipinski definition) is 4. The molecule has 0 aliphatic heterocycles. The molecule has 1 atom stereocenters. The van der Waals surface area contributed by atoms with Crippen molar-refractivity contribution in [2.45, 2.75) is 19.5 Å². The normalized spacial score (nSPS) is 11.5. The van der Waals surface area contributed by atoms with Gasteiger partial charge < -0.3 is 21.7 Å². The number of nitrogens with one attached hydrogen (secondary N) is 3. The Morgan fingerprint density at radius 3 is 2.72 bits per heavy atom. The molecule has 3 amide bonds. The van der Waals surface area contributed by atoms with Gasteiger partial charge in [0.1, 0.15) is 6.04 Å². The van der Waals surface area contributed by atoms with Crippen molar-refractivity contribution < 1.29 is 9.59 Å². The molecule has 1 aromatic rings. The van der Waals surface area contributed by atoms with Crippen LogP contribution in [0.3, 0.4) is 0 Å². The number of anilines is 1. The van der Waals surface area contributed by atoms with E-state index in [-0.39, 0.29) is 5.91 Å². The number of amides is 3. The quantitative estimate of drug-likeness (QED) is 0.623. The lowest BCUT2D eigenvalue weighted by Crippen LogP contribution is -2.45. The minimum Gasteiger partial charge on any atom is -0.357 e. The summed E-state index contributed by atoms with van der Waals surface area (Å²) in [6.45, 7) is 2.01. The summed E-state index contributed by atoms with van der Waals surface area (Å²) in [5, 5.41) is 7.62. The van der Waals surface area contributed by atoms with E-state index in [4.69, 9.17) is 5.73 Å². The van der Waals surface area contributed by atoms with Crippen molar-refractivity contribution in [1.29, 1.82) is 0 Å². The monoisotopic (exact) mass is 250 g/mol. The molecule has 1 rings (SSSR count). The summed E-state index contributed by atoms with van der Waals surface area (Å²) < 4.78 is 0. The van der Waals surface area contributed by atoms with Gasteiger partial charge >= 0.3 is 6.03 Å². The molecule has 0 radical (unpaired) electrons. The largest absolute Gasteiger partial charge is 0.357 e. The molecular weight excluding hydrogens is 232 g/mol. The predicted octanol–water partition coefficient (Wildman–Crippen LogP) is 0.401. The molecule has 6 heteroatoms. The van der Waals surface area contributed by atoms with Crippen LogP contribution in [-0.2, 0) is 11.3 Å². The van der Waals surface area contributed by atoms with Crippen LogP contribution in [0.2, 0.25) is 0 Å². The molecule has 0 bridgehead atoms. The zero-order chi connectivity index (χ0) is 13.5. The van der Waals surface area contributed by atoms with E-state index in [1.165, 1.54) is 7.05 Å². The molecule has 6 nitrogen and oxygen atoms in total. The van der Waals surface area contributed by atoms with Crippen molar-refractivity contribution in [1.82, 2.24) is 10.6 Å². The summed E-state index contributed by atoms with van der Waals surface area (Å²) in [4.78, 5) is 22.8. The molecule has 98 valence electrons. The van der Waals surface area contributed by atoms with Crippen molar-refractivity contribution in [2.75, 3.05) is 12.4 Å². The standard InChI is InChI=1S/C12H18N4O2/c1-8(11(17)14-2)15-12(18)16-10-5-3-4-9(6-10)7-13/h3-6,8H,7,13H2,1-2H3,(H,14,17)(H2,15,16,18). The van der Waals surface area contributed by atoms with Crippen LogP contribution in [0.1, 0.15) is 12.5 Å². The Morgan fingerprint density at radius 2 is 2.11 bits per heavy atom. The summed E-state index contributed by atoms with van der Waals surface area (Å²) in [6.07, 6.45) is 0. The van der Waals surface area contributed by atoms with Gasteiger partial charge in [0.2, 0.25) is 5.91 Å². The second-order valence-corrected chi connectivity index (χ2v) is 3.84. The first-order chi connectivity index (χ1) is 8.56. The summed E-state index contributed by atoms with van der Waals surface area (Å²) in [7, 11) is 1.52. The number of carbonyl (C=O) groups excluding carboxylic acids is 2. The average molecular weight is 250 g/mol. The fourth-order valence-electron chi connectivity index (χ4n) is 1.42. The van der Waals surface area contributed by atoms with E-state index >= 15 is 0 Å². The van der Waals surface area contributed by atoms with Gasteiger partial charge in [-0.15, -0.1) is 0 Å². The Balaban J connectivity index is 2.56. The van der Waals surface area contributed by atoms with Gasteiger partial charge in [0.15, 0.2) is 0 Å². The molecule has 0 aromatic heterocycles. The number of nitrogens with two attached hydrogens (primary N) is 1. The smallest absolute Gasteiger partial charge is 0.319 e. The number of benzene rings is 1. The fraction of sp³-hybridized carbons (Fsp3) is 0.333. The second-order valence-electron chi connectivity index (χ2n) is 3.84. The maximum atomic E-state index is 11.6. The third-order valence-corrected chi connectivity index (χ3v) is 2.41. The summed E-state index contributed by atoms with van der Waals surface area (Å²) in [5.41, 5.74) is 7.07. The van der Waals surface area contributed by atoms with Gasteiger partial charge in [0.25, 0.3) is 0 Å². The molecule has 0 saturated heterocycles. The van der Waals surface area contributed by atoms with E-state index in [1.807, 2.05) is 6.07 Å². The SMILES string of the molecule is CNC(=O)C(C)NC(=O)Nc1cccc(CN)c1. The van der Waals surface area contributed by atoms with E-state index < -0.39 is 12.1 Å². The lowest BCUT2D eigenvalue weighted by Gasteiger charge is -2.13. The predicted molar refractivity (Wildman–Crippen MR) is 70.0 cm³/mol. The molecular formula is C12H18N4O2. The summed E-state index contributed by atoms with van der Waals surface area (Å²) in [6, 6.07) is 6.19. The minimum absolute atomic E-state index is 0.249. The molecule has 18 heavy (non-hydrogen) atoms. The van der Waals surface area contributed by atoms with Crippen molar-refractivity contribution in [3.63, 3.8) is 0 Å². The van der Waals surface area contributed by atoms with Crippen LogP contribution in [0.15, 0.2) is 24.3 Å². The number of carbonyl (C=O) groups is 2. The number of urea groups is 1. The molecule has 1 aromatic carbocycles. The molecule has 0 heterocycles. The van der Waals surface area contributed by atoms with E-state index in [0.717, 1.165) is 5.56 Å². The van der Waals surface area contributed by atoms with Crippen molar-refractivity contribution in [2.24, 2.45) is 5.73 Å². The Hall–Kier alpha value is -2.08. The first-order valence-corrected chi connectivity index (χ1v) is 5.65.